The van der Waals surface area contributed by atoms with Crippen molar-refractivity contribution < 1.29 is 5.11 Å². The van der Waals surface area contributed by atoms with Crippen LogP contribution >= 0.6 is 0 Å². The van der Waals surface area contributed by atoms with Gasteiger partial charge in [0, 0.05) is 5.41 Å². The predicted molar refractivity (Wildman–Crippen MR) is 40.9 cm³/mol. The van der Waals surface area contributed by atoms with E-state index in [9.17, 15) is 5.11 Å². The Morgan fingerprint density at radius 2 is 1.73 bits per heavy atom. The summed E-state index contributed by atoms with van der Waals surface area (Å²) in [5.41, 5.74) is 0.384. The van der Waals surface area contributed by atoms with E-state index >= 15 is 0 Å². The highest BCUT2D eigenvalue weighted by molar-refractivity contribution is 5.42. The highest BCUT2D eigenvalue weighted by atomic mass is 16.3. The molecule has 5 aliphatic carbocycles. The van der Waals surface area contributed by atoms with Crippen molar-refractivity contribution in [1.29, 1.82) is 0 Å². The SMILES string of the molecule is OC1(C23C4CCC2C43)CCC1. The molecule has 5 rings (SSSR count). The van der Waals surface area contributed by atoms with Gasteiger partial charge < -0.3 is 5.11 Å². The summed E-state index contributed by atoms with van der Waals surface area (Å²) in [4.78, 5) is 0. The second-order valence-electron chi connectivity index (χ2n) is 5.13. The Morgan fingerprint density at radius 3 is 2.09 bits per heavy atom. The first-order valence-electron chi connectivity index (χ1n) is 5.03. The summed E-state index contributed by atoms with van der Waals surface area (Å²) in [6.07, 6.45) is 6.41. The minimum Gasteiger partial charge on any atom is -0.389 e. The first kappa shape index (κ1) is 5.58. The van der Waals surface area contributed by atoms with Gasteiger partial charge in [-0.05, 0) is 49.9 Å². The van der Waals surface area contributed by atoms with E-state index in [1.807, 2.05) is 0 Å². The van der Waals surface area contributed by atoms with Crippen LogP contribution in [-0.2, 0) is 0 Å². The van der Waals surface area contributed by atoms with Crippen LogP contribution in [0, 0.1) is 23.2 Å². The second-order valence-corrected chi connectivity index (χ2v) is 5.13. The number of aliphatic hydroxyl groups is 1. The maximum atomic E-state index is 10.2. The van der Waals surface area contributed by atoms with Crippen molar-refractivity contribution >= 4 is 0 Å². The van der Waals surface area contributed by atoms with Gasteiger partial charge in [-0.3, -0.25) is 0 Å². The van der Waals surface area contributed by atoms with Crippen LogP contribution in [0.4, 0.5) is 0 Å². The molecule has 0 spiro atoms. The van der Waals surface area contributed by atoms with Crippen LogP contribution in [0.15, 0.2) is 0 Å². The topological polar surface area (TPSA) is 20.2 Å². The van der Waals surface area contributed by atoms with Gasteiger partial charge in [0.05, 0.1) is 5.60 Å². The Morgan fingerprint density at radius 1 is 1.09 bits per heavy atom. The Kier molecular flexibility index (Phi) is 0.602. The molecular formula is C10H14O. The monoisotopic (exact) mass is 150 g/mol. The zero-order chi connectivity index (χ0) is 7.27. The number of hydrogen-bond acceptors (Lipinski definition) is 1. The summed E-state index contributed by atoms with van der Waals surface area (Å²) in [6, 6.07) is 0. The van der Waals surface area contributed by atoms with Crippen LogP contribution in [0.5, 0.6) is 0 Å². The zero-order valence-electron chi connectivity index (χ0n) is 6.71. The van der Waals surface area contributed by atoms with Crippen molar-refractivity contribution in [3.63, 3.8) is 0 Å². The van der Waals surface area contributed by atoms with Gasteiger partial charge in [-0.25, -0.2) is 0 Å². The molecule has 1 N–H and O–H groups in total. The van der Waals surface area contributed by atoms with E-state index in [4.69, 9.17) is 0 Å². The van der Waals surface area contributed by atoms with Crippen LogP contribution in [0.25, 0.3) is 0 Å². The first-order chi connectivity index (χ1) is 5.31. The van der Waals surface area contributed by atoms with Crippen molar-refractivity contribution in [3.8, 4) is 0 Å². The highest BCUT2D eigenvalue weighted by Gasteiger charge is 2.94. The lowest BCUT2D eigenvalue weighted by Crippen LogP contribution is -2.44. The molecule has 1 heteroatoms. The Balaban J connectivity index is 1.76. The van der Waals surface area contributed by atoms with Crippen molar-refractivity contribution in [3.05, 3.63) is 0 Å². The number of rotatable bonds is 1. The molecule has 2 unspecified atom stereocenters. The fourth-order valence-corrected chi connectivity index (χ4v) is 4.60. The van der Waals surface area contributed by atoms with Gasteiger partial charge in [0.1, 0.15) is 0 Å². The fourth-order valence-electron chi connectivity index (χ4n) is 4.60. The molecule has 1 nitrogen and oxygen atoms in total. The molecule has 0 radical (unpaired) electrons. The minimum absolute atomic E-state index is 0.149. The Labute approximate surface area is 66.8 Å². The van der Waals surface area contributed by atoms with Crippen LogP contribution in [-0.4, -0.2) is 10.7 Å². The average molecular weight is 150 g/mol. The molecule has 0 aromatic heterocycles. The molecule has 0 saturated heterocycles. The van der Waals surface area contributed by atoms with E-state index in [1.165, 1.54) is 19.3 Å². The summed E-state index contributed by atoms with van der Waals surface area (Å²) in [6.45, 7) is 0. The Hall–Kier alpha value is -0.0400. The van der Waals surface area contributed by atoms with Crippen molar-refractivity contribution in [1.82, 2.24) is 0 Å². The second kappa shape index (κ2) is 1.19. The fraction of sp³-hybridized carbons (Fsp3) is 1.00. The van der Waals surface area contributed by atoms with E-state index in [0.717, 1.165) is 30.6 Å². The third-order valence-electron chi connectivity index (χ3n) is 5.20. The summed E-state index contributed by atoms with van der Waals surface area (Å²) in [5.74, 6) is 2.98. The van der Waals surface area contributed by atoms with Gasteiger partial charge >= 0.3 is 0 Å². The van der Waals surface area contributed by atoms with Crippen LogP contribution in [0.3, 0.4) is 0 Å². The molecular weight excluding hydrogens is 136 g/mol. The van der Waals surface area contributed by atoms with E-state index in [2.05, 4.69) is 0 Å². The quantitative estimate of drug-likeness (QED) is 0.601. The molecule has 5 saturated carbocycles. The maximum absolute atomic E-state index is 10.2. The van der Waals surface area contributed by atoms with Crippen molar-refractivity contribution in [2.24, 2.45) is 23.2 Å². The lowest BCUT2D eigenvalue weighted by Gasteiger charge is -2.41. The lowest BCUT2D eigenvalue weighted by molar-refractivity contribution is -0.0849. The Bertz CT molecular complexity index is 220. The minimum atomic E-state index is -0.149. The van der Waals surface area contributed by atoms with Gasteiger partial charge in [0.15, 0.2) is 0 Å². The molecule has 0 aliphatic heterocycles. The summed E-state index contributed by atoms with van der Waals surface area (Å²) >= 11 is 0. The van der Waals surface area contributed by atoms with Gasteiger partial charge in [0.2, 0.25) is 0 Å². The zero-order valence-corrected chi connectivity index (χ0v) is 6.71. The lowest BCUT2D eigenvalue weighted by atomic mass is 9.70. The third-order valence-corrected chi connectivity index (χ3v) is 5.20. The van der Waals surface area contributed by atoms with Crippen molar-refractivity contribution in [2.45, 2.75) is 37.7 Å². The molecule has 5 fully saturated rings. The van der Waals surface area contributed by atoms with Gasteiger partial charge in [0.25, 0.3) is 0 Å². The summed E-state index contributed by atoms with van der Waals surface area (Å²) < 4.78 is 0. The standard InChI is InChI=1S/C10H14O/c11-9(4-1-5-9)10-6-2-3-7(10)8(6)10/h6-8,11H,1-5H2. The highest BCUT2D eigenvalue weighted by Crippen LogP contribution is 2.96. The summed E-state index contributed by atoms with van der Waals surface area (Å²) in [7, 11) is 0. The van der Waals surface area contributed by atoms with E-state index < -0.39 is 0 Å². The molecule has 11 heavy (non-hydrogen) atoms. The first-order valence-corrected chi connectivity index (χ1v) is 5.03. The molecule has 60 valence electrons. The molecule has 5 aliphatic rings. The van der Waals surface area contributed by atoms with E-state index in [1.54, 1.807) is 0 Å². The van der Waals surface area contributed by atoms with E-state index in [-0.39, 0.29) is 5.60 Å². The van der Waals surface area contributed by atoms with Gasteiger partial charge in [-0.2, -0.15) is 0 Å². The molecule has 2 bridgehead atoms. The third kappa shape index (κ3) is 0.327. The molecule has 0 amide bonds. The van der Waals surface area contributed by atoms with Gasteiger partial charge in [-0.15, -0.1) is 0 Å². The number of fused-ring (bicyclic) bond motifs is 1. The van der Waals surface area contributed by atoms with Crippen LogP contribution in [0.2, 0.25) is 0 Å². The normalized spacial score (nSPS) is 66.8. The smallest absolute Gasteiger partial charge is 0.0712 e. The molecule has 0 aromatic carbocycles. The van der Waals surface area contributed by atoms with Crippen LogP contribution in [0.1, 0.15) is 32.1 Å². The van der Waals surface area contributed by atoms with Crippen molar-refractivity contribution in [2.75, 3.05) is 0 Å². The average Bonchev–Trinajstić information content (AvgIpc) is 2.62. The van der Waals surface area contributed by atoms with E-state index in [0.29, 0.717) is 5.41 Å². The maximum Gasteiger partial charge on any atom is 0.0712 e. The molecule has 2 atom stereocenters. The van der Waals surface area contributed by atoms with Gasteiger partial charge in [-0.1, -0.05) is 0 Å². The largest absolute Gasteiger partial charge is 0.389 e. The van der Waals surface area contributed by atoms with Crippen LogP contribution < -0.4 is 0 Å². The summed E-state index contributed by atoms with van der Waals surface area (Å²) in [5, 5.41) is 10.2. The number of hydrogen-bond donors (Lipinski definition) is 1. The predicted octanol–water partition coefficient (Wildman–Crippen LogP) is 1.56. The molecule has 0 aromatic rings. The molecule has 0 heterocycles.